The highest BCUT2D eigenvalue weighted by Gasteiger charge is 2.18. The van der Waals surface area contributed by atoms with Crippen molar-refractivity contribution in [2.75, 3.05) is 26.2 Å². The predicted molar refractivity (Wildman–Crippen MR) is 70.4 cm³/mol. The number of ether oxygens (including phenoxy) is 1. The molecule has 1 heterocycles. The zero-order valence-corrected chi connectivity index (χ0v) is 10.8. The van der Waals surface area contributed by atoms with Gasteiger partial charge in [0.1, 0.15) is 12.4 Å². The average molecular weight is 234 g/mol. The van der Waals surface area contributed by atoms with Crippen LogP contribution in [0.2, 0.25) is 0 Å². The maximum atomic E-state index is 5.87. The molecule has 0 amide bonds. The first-order chi connectivity index (χ1) is 8.15. The highest BCUT2D eigenvalue weighted by Crippen LogP contribution is 2.19. The maximum Gasteiger partial charge on any atom is 0.122 e. The second kappa shape index (κ2) is 5.52. The molecule has 2 rings (SSSR count). The van der Waals surface area contributed by atoms with Crippen LogP contribution in [0.3, 0.4) is 0 Å². The van der Waals surface area contributed by atoms with Crippen LogP contribution in [0, 0.1) is 13.8 Å². The van der Waals surface area contributed by atoms with Crippen molar-refractivity contribution in [3.63, 3.8) is 0 Å². The third-order valence-electron chi connectivity index (χ3n) is 3.32. The second-order valence-electron chi connectivity index (χ2n) is 4.97. The molecule has 17 heavy (non-hydrogen) atoms. The minimum atomic E-state index is 0.357. The molecule has 1 saturated heterocycles. The molecule has 0 aliphatic carbocycles. The lowest BCUT2D eigenvalue weighted by Gasteiger charge is -2.16. The first-order valence-corrected chi connectivity index (χ1v) is 6.33. The van der Waals surface area contributed by atoms with E-state index in [0.717, 1.165) is 38.4 Å². The van der Waals surface area contributed by atoms with Gasteiger partial charge in [-0.3, -0.25) is 4.90 Å². The number of rotatable bonds is 4. The largest absolute Gasteiger partial charge is 0.492 e. The van der Waals surface area contributed by atoms with Crippen LogP contribution in [-0.4, -0.2) is 37.2 Å². The van der Waals surface area contributed by atoms with Gasteiger partial charge in [0.05, 0.1) is 0 Å². The summed E-state index contributed by atoms with van der Waals surface area (Å²) < 4.78 is 5.83. The van der Waals surface area contributed by atoms with E-state index in [2.05, 4.69) is 36.9 Å². The molecule has 0 radical (unpaired) electrons. The van der Waals surface area contributed by atoms with E-state index in [1.165, 1.54) is 11.1 Å². The summed E-state index contributed by atoms with van der Waals surface area (Å²) in [5.41, 5.74) is 8.32. The number of likely N-dealkylation sites (tertiary alicyclic amines) is 1. The second-order valence-corrected chi connectivity index (χ2v) is 4.97. The maximum absolute atomic E-state index is 5.87. The summed E-state index contributed by atoms with van der Waals surface area (Å²) in [6.45, 7) is 8.01. The SMILES string of the molecule is Cc1ccc(C)c(OCCN2CC[C@@H](N)C2)c1. The molecule has 1 aromatic carbocycles. The highest BCUT2D eigenvalue weighted by atomic mass is 16.5. The molecule has 0 unspecified atom stereocenters. The van der Waals surface area contributed by atoms with Gasteiger partial charge in [-0.2, -0.15) is 0 Å². The Morgan fingerprint density at radius 2 is 2.24 bits per heavy atom. The Kier molecular flexibility index (Phi) is 4.02. The number of aryl methyl sites for hydroxylation is 2. The quantitative estimate of drug-likeness (QED) is 0.862. The van der Waals surface area contributed by atoms with Crippen LogP contribution < -0.4 is 10.5 Å². The molecule has 1 aliphatic rings. The Morgan fingerprint density at radius 1 is 1.41 bits per heavy atom. The molecule has 1 atom stereocenters. The number of nitrogens with zero attached hydrogens (tertiary/aromatic N) is 1. The highest BCUT2D eigenvalue weighted by molar-refractivity contribution is 5.35. The predicted octanol–water partition coefficient (Wildman–Crippen LogP) is 1.72. The lowest BCUT2D eigenvalue weighted by atomic mass is 10.1. The first kappa shape index (κ1) is 12.4. The summed E-state index contributed by atoms with van der Waals surface area (Å²) in [7, 11) is 0. The number of hydrogen-bond acceptors (Lipinski definition) is 3. The standard InChI is InChI=1S/C14H22N2O/c1-11-3-4-12(2)14(9-11)17-8-7-16-6-5-13(15)10-16/h3-4,9,13H,5-8,10,15H2,1-2H3/t13-/m1/s1. The van der Waals surface area contributed by atoms with Crippen molar-refractivity contribution in [3.8, 4) is 5.75 Å². The molecule has 3 nitrogen and oxygen atoms in total. The molecule has 94 valence electrons. The van der Waals surface area contributed by atoms with Gasteiger partial charge in [0.2, 0.25) is 0 Å². The molecule has 0 spiro atoms. The normalized spacial score (nSPS) is 20.8. The van der Waals surface area contributed by atoms with E-state index in [1.54, 1.807) is 0 Å². The van der Waals surface area contributed by atoms with Gasteiger partial charge in [0.25, 0.3) is 0 Å². The summed E-state index contributed by atoms with van der Waals surface area (Å²) in [6, 6.07) is 6.68. The lowest BCUT2D eigenvalue weighted by molar-refractivity contribution is 0.235. The Labute approximate surface area is 104 Å². The van der Waals surface area contributed by atoms with Crippen LogP contribution in [-0.2, 0) is 0 Å². The van der Waals surface area contributed by atoms with Crippen molar-refractivity contribution < 1.29 is 4.74 Å². The van der Waals surface area contributed by atoms with Gasteiger partial charge in [0, 0.05) is 19.1 Å². The fourth-order valence-electron chi connectivity index (χ4n) is 2.21. The van der Waals surface area contributed by atoms with E-state index < -0.39 is 0 Å². The molecule has 0 bridgehead atoms. The van der Waals surface area contributed by atoms with Gasteiger partial charge in [0.15, 0.2) is 0 Å². The van der Waals surface area contributed by atoms with Crippen LogP contribution in [0.25, 0.3) is 0 Å². The van der Waals surface area contributed by atoms with Gasteiger partial charge in [-0.15, -0.1) is 0 Å². The van der Waals surface area contributed by atoms with Gasteiger partial charge in [-0.25, -0.2) is 0 Å². The van der Waals surface area contributed by atoms with E-state index in [9.17, 15) is 0 Å². The summed E-state index contributed by atoms with van der Waals surface area (Å²) in [5.74, 6) is 1.01. The molecule has 2 N–H and O–H groups in total. The Bertz CT molecular complexity index is 378. The summed E-state index contributed by atoms with van der Waals surface area (Å²) in [4.78, 5) is 2.37. The Balaban J connectivity index is 1.80. The smallest absolute Gasteiger partial charge is 0.122 e. The molecule has 1 fully saturated rings. The summed E-state index contributed by atoms with van der Waals surface area (Å²) in [6.07, 6.45) is 1.11. The monoisotopic (exact) mass is 234 g/mol. The van der Waals surface area contributed by atoms with E-state index in [0.29, 0.717) is 6.04 Å². The third kappa shape index (κ3) is 3.45. The fourth-order valence-corrected chi connectivity index (χ4v) is 2.21. The molecular formula is C14H22N2O. The molecule has 1 aliphatic heterocycles. The Morgan fingerprint density at radius 3 is 2.94 bits per heavy atom. The van der Waals surface area contributed by atoms with Gasteiger partial charge in [-0.1, -0.05) is 12.1 Å². The van der Waals surface area contributed by atoms with Gasteiger partial charge in [-0.05, 0) is 44.0 Å². The van der Waals surface area contributed by atoms with Crippen molar-refractivity contribution >= 4 is 0 Å². The van der Waals surface area contributed by atoms with Crippen LogP contribution >= 0.6 is 0 Å². The van der Waals surface area contributed by atoms with Crippen LogP contribution in [0.4, 0.5) is 0 Å². The molecule has 1 aromatic rings. The number of benzene rings is 1. The molecule has 3 heteroatoms. The number of nitrogens with two attached hydrogens (primary N) is 1. The van der Waals surface area contributed by atoms with Gasteiger partial charge >= 0.3 is 0 Å². The fraction of sp³-hybridized carbons (Fsp3) is 0.571. The molecular weight excluding hydrogens is 212 g/mol. The van der Waals surface area contributed by atoms with Crippen molar-refractivity contribution in [3.05, 3.63) is 29.3 Å². The first-order valence-electron chi connectivity index (χ1n) is 6.33. The third-order valence-corrected chi connectivity index (χ3v) is 3.32. The van der Waals surface area contributed by atoms with Crippen LogP contribution in [0.5, 0.6) is 5.75 Å². The van der Waals surface area contributed by atoms with E-state index in [1.807, 2.05) is 0 Å². The van der Waals surface area contributed by atoms with Crippen LogP contribution in [0.15, 0.2) is 18.2 Å². The van der Waals surface area contributed by atoms with E-state index in [-0.39, 0.29) is 0 Å². The van der Waals surface area contributed by atoms with Crippen molar-refractivity contribution in [1.82, 2.24) is 4.90 Å². The zero-order valence-electron chi connectivity index (χ0n) is 10.8. The van der Waals surface area contributed by atoms with Crippen molar-refractivity contribution in [1.29, 1.82) is 0 Å². The summed E-state index contributed by atoms with van der Waals surface area (Å²) in [5, 5.41) is 0. The van der Waals surface area contributed by atoms with E-state index in [4.69, 9.17) is 10.5 Å². The van der Waals surface area contributed by atoms with E-state index >= 15 is 0 Å². The average Bonchev–Trinajstić information content (AvgIpc) is 2.69. The molecule has 0 saturated carbocycles. The van der Waals surface area contributed by atoms with Crippen LogP contribution in [0.1, 0.15) is 17.5 Å². The molecule has 0 aromatic heterocycles. The number of hydrogen-bond donors (Lipinski definition) is 1. The topological polar surface area (TPSA) is 38.5 Å². The minimum Gasteiger partial charge on any atom is -0.492 e. The van der Waals surface area contributed by atoms with Crippen molar-refractivity contribution in [2.45, 2.75) is 26.3 Å². The minimum absolute atomic E-state index is 0.357. The zero-order chi connectivity index (χ0) is 12.3. The summed E-state index contributed by atoms with van der Waals surface area (Å²) >= 11 is 0. The Hall–Kier alpha value is -1.06. The van der Waals surface area contributed by atoms with Gasteiger partial charge < -0.3 is 10.5 Å². The van der Waals surface area contributed by atoms with Crippen molar-refractivity contribution in [2.24, 2.45) is 5.73 Å². The lowest BCUT2D eigenvalue weighted by Crippen LogP contribution is -2.29.